The fourth-order valence-corrected chi connectivity index (χ4v) is 1.72. The van der Waals surface area contributed by atoms with Gasteiger partial charge in [-0.05, 0) is 15.9 Å². The van der Waals surface area contributed by atoms with Crippen LogP contribution in [0.3, 0.4) is 0 Å². The van der Waals surface area contributed by atoms with Crippen molar-refractivity contribution in [3.05, 3.63) is 37.9 Å². The minimum Gasteiger partial charge on any atom is -0.465 e. The molecule has 1 aromatic rings. The van der Waals surface area contributed by atoms with Crippen LogP contribution < -0.4 is 0 Å². The van der Waals surface area contributed by atoms with Crippen molar-refractivity contribution in [2.75, 3.05) is 7.11 Å². The van der Waals surface area contributed by atoms with E-state index in [0.29, 0.717) is 0 Å². The first-order valence-corrected chi connectivity index (χ1v) is 4.59. The lowest BCUT2D eigenvalue weighted by atomic mass is 10.2. The zero-order valence-electron chi connectivity index (χ0n) is 7.79. The highest BCUT2D eigenvalue weighted by Crippen LogP contribution is 2.33. The van der Waals surface area contributed by atoms with Gasteiger partial charge < -0.3 is 4.74 Å². The summed E-state index contributed by atoms with van der Waals surface area (Å²) >= 11 is 2.60. The Kier molecular flexibility index (Phi) is 3.53. The predicted molar refractivity (Wildman–Crippen MR) is 52.1 cm³/mol. The molecule has 0 amide bonds. The summed E-state index contributed by atoms with van der Waals surface area (Å²) in [5, 5.41) is 10.5. The normalized spacial score (nSPS) is 10.0. The number of rotatable bonds is 2. The van der Waals surface area contributed by atoms with Gasteiger partial charge in [-0.3, -0.25) is 10.1 Å². The molecule has 5 nitrogen and oxygen atoms in total. The largest absolute Gasteiger partial charge is 0.465 e. The summed E-state index contributed by atoms with van der Waals surface area (Å²) in [6.45, 7) is 0. The van der Waals surface area contributed by atoms with Gasteiger partial charge in [0.15, 0.2) is 0 Å². The number of halogens is 3. The summed E-state index contributed by atoms with van der Waals surface area (Å²) < 4.78 is 29.9. The van der Waals surface area contributed by atoms with Crippen molar-refractivity contribution < 1.29 is 23.2 Å². The van der Waals surface area contributed by atoms with Gasteiger partial charge in [-0.25, -0.2) is 9.18 Å². The van der Waals surface area contributed by atoms with Crippen molar-refractivity contribution in [3.8, 4) is 0 Å². The number of esters is 1. The second-order valence-electron chi connectivity index (χ2n) is 2.63. The third-order valence-electron chi connectivity index (χ3n) is 1.72. The molecule has 0 heterocycles. The Labute approximate surface area is 96.3 Å². The van der Waals surface area contributed by atoms with Gasteiger partial charge in [-0.15, -0.1) is 0 Å². The van der Waals surface area contributed by atoms with Crippen molar-refractivity contribution in [2.24, 2.45) is 0 Å². The molecule has 0 radical (unpaired) electrons. The van der Waals surface area contributed by atoms with E-state index in [1.54, 1.807) is 0 Å². The van der Waals surface area contributed by atoms with E-state index in [-0.39, 0.29) is 6.07 Å². The first kappa shape index (κ1) is 12.5. The molecule has 0 fully saturated rings. The number of hydrogen-bond acceptors (Lipinski definition) is 4. The van der Waals surface area contributed by atoms with Gasteiger partial charge in [0.05, 0.1) is 12.0 Å². The summed E-state index contributed by atoms with van der Waals surface area (Å²) in [7, 11) is 0.976. The van der Waals surface area contributed by atoms with Gasteiger partial charge >= 0.3 is 11.7 Å². The van der Waals surface area contributed by atoms with Gasteiger partial charge in [0.1, 0.15) is 15.9 Å². The number of hydrogen-bond donors (Lipinski definition) is 0. The Morgan fingerprint density at radius 1 is 1.50 bits per heavy atom. The van der Waals surface area contributed by atoms with E-state index in [2.05, 4.69) is 20.7 Å². The number of nitro groups is 1. The average molecular weight is 296 g/mol. The molecule has 0 N–H and O–H groups in total. The molecule has 16 heavy (non-hydrogen) atoms. The summed E-state index contributed by atoms with van der Waals surface area (Å²) in [4.78, 5) is 20.5. The fraction of sp³-hybridized carbons (Fsp3) is 0.125. The van der Waals surface area contributed by atoms with Crippen LogP contribution in [0.1, 0.15) is 10.4 Å². The van der Waals surface area contributed by atoms with E-state index in [9.17, 15) is 23.7 Å². The average Bonchev–Trinajstić information content (AvgIpc) is 2.15. The maximum Gasteiger partial charge on any atom is 0.342 e. The van der Waals surface area contributed by atoms with E-state index < -0.39 is 38.3 Å². The summed E-state index contributed by atoms with van der Waals surface area (Å²) in [6, 6.07) is 0.259. The first-order chi connectivity index (χ1) is 7.40. The van der Waals surface area contributed by atoms with E-state index >= 15 is 0 Å². The molecule has 8 heteroatoms. The maximum atomic E-state index is 13.2. The van der Waals surface area contributed by atoms with Crippen LogP contribution in [-0.4, -0.2) is 18.0 Å². The molecular weight excluding hydrogens is 292 g/mol. The monoisotopic (exact) mass is 295 g/mol. The smallest absolute Gasteiger partial charge is 0.342 e. The van der Waals surface area contributed by atoms with Gasteiger partial charge in [0.25, 0.3) is 0 Å². The van der Waals surface area contributed by atoms with Crippen LogP contribution >= 0.6 is 15.9 Å². The van der Waals surface area contributed by atoms with E-state index in [4.69, 9.17) is 0 Å². The Balaban J connectivity index is 3.57. The topological polar surface area (TPSA) is 69.4 Å². The highest BCUT2D eigenvalue weighted by molar-refractivity contribution is 9.10. The molecule has 0 spiro atoms. The van der Waals surface area contributed by atoms with Gasteiger partial charge in [0, 0.05) is 6.07 Å². The fourth-order valence-electron chi connectivity index (χ4n) is 1.04. The maximum absolute atomic E-state index is 13.2. The Morgan fingerprint density at radius 2 is 2.06 bits per heavy atom. The van der Waals surface area contributed by atoms with Crippen LogP contribution in [-0.2, 0) is 4.74 Å². The van der Waals surface area contributed by atoms with Crippen molar-refractivity contribution >= 4 is 27.6 Å². The van der Waals surface area contributed by atoms with Crippen LogP contribution in [0.4, 0.5) is 14.5 Å². The molecule has 86 valence electrons. The molecule has 0 aliphatic heterocycles. The second kappa shape index (κ2) is 4.52. The van der Waals surface area contributed by atoms with Gasteiger partial charge in [0.2, 0.25) is 5.82 Å². The van der Waals surface area contributed by atoms with E-state index in [1.165, 1.54) is 0 Å². The lowest BCUT2D eigenvalue weighted by molar-refractivity contribution is -0.388. The molecule has 1 rings (SSSR count). The minimum atomic E-state index is -1.37. The Bertz CT molecular complexity index is 478. The Hall–Kier alpha value is -1.57. The SMILES string of the molecule is COC(=O)c1c(F)cc(F)c([N+](=O)[O-])c1Br. The molecule has 0 unspecified atom stereocenters. The van der Waals surface area contributed by atoms with E-state index in [1.807, 2.05) is 0 Å². The highest BCUT2D eigenvalue weighted by Gasteiger charge is 2.29. The van der Waals surface area contributed by atoms with Crippen molar-refractivity contribution in [1.29, 1.82) is 0 Å². The minimum absolute atomic E-state index is 0.259. The molecule has 0 atom stereocenters. The molecule has 0 saturated heterocycles. The number of nitro benzene ring substituents is 1. The van der Waals surface area contributed by atoms with Gasteiger partial charge in [-0.1, -0.05) is 0 Å². The highest BCUT2D eigenvalue weighted by atomic mass is 79.9. The number of ether oxygens (including phenoxy) is 1. The van der Waals surface area contributed by atoms with Crippen LogP contribution in [0.2, 0.25) is 0 Å². The molecule has 0 aromatic heterocycles. The molecular formula is C8H4BrF2NO4. The Morgan fingerprint density at radius 3 is 2.50 bits per heavy atom. The zero-order valence-corrected chi connectivity index (χ0v) is 9.38. The third-order valence-corrected chi connectivity index (χ3v) is 2.49. The van der Waals surface area contributed by atoms with Crippen LogP contribution in [0.5, 0.6) is 0 Å². The number of methoxy groups -OCH3 is 1. The van der Waals surface area contributed by atoms with Crippen LogP contribution in [0.25, 0.3) is 0 Å². The summed E-state index contributed by atoms with van der Waals surface area (Å²) in [5.74, 6) is -3.74. The van der Waals surface area contributed by atoms with Crippen LogP contribution in [0, 0.1) is 21.7 Å². The van der Waals surface area contributed by atoms with Crippen LogP contribution in [0.15, 0.2) is 10.5 Å². The molecule has 0 aliphatic carbocycles. The lowest BCUT2D eigenvalue weighted by Gasteiger charge is -2.05. The second-order valence-corrected chi connectivity index (χ2v) is 3.42. The lowest BCUT2D eigenvalue weighted by Crippen LogP contribution is -2.08. The number of benzene rings is 1. The van der Waals surface area contributed by atoms with Gasteiger partial charge in [-0.2, -0.15) is 4.39 Å². The zero-order chi connectivity index (χ0) is 12.5. The van der Waals surface area contributed by atoms with Crippen molar-refractivity contribution in [3.63, 3.8) is 0 Å². The van der Waals surface area contributed by atoms with Crippen molar-refractivity contribution in [1.82, 2.24) is 0 Å². The van der Waals surface area contributed by atoms with Crippen molar-refractivity contribution in [2.45, 2.75) is 0 Å². The first-order valence-electron chi connectivity index (χ1n) is 3.80. The van der Waals surface area contributed by atoms with E-state index in [0.717, 1.165) is 7.11 Å². The molecule has 0 saturated carbocycles. The summed E-state index contributed by atoms with van der Waals surface area (Å²) in [5.41, 5.74) is -1.72. The standard InChI is InChI=1S/C8H4BrF2NO4/c1-16-8(13)5-3(10)2-4(11)7(6(5)9)12(14)15/h2H,1H3. The quantitative estimate of drug-likeness (QED) is 0.477. The molecule has 0 aliphatic rings. The number of carbonyl (C=O) groups excluding carboxylic acids is 1. The molecule has 1 aromatic carbocycles. The summed E-state index contributed by atoms with van der Waals surface area (Å²) in [6.07, 6.45) is 0. The third kappa shape index (κ3) is 2.01. The number of nitrogens with zero attached hydrogens (tertiary/aromatic N) is 1. The number of carbonyl (C=O) groups is 1. The predicted octanol–water partition coefficient (Wildman–Crippen LogP) is 2.42. The molecule has 0 bridgehead atoms.